The van der Waals surface area contributed by atoms with Crippen molar-refractivity contribution >= 4 is 32.8 Å². The first-order chi connectivity index (χ1) is 12.5. The molecular weight excluding hydrogens is 366 g/mol. The van der Waals surface area contributed by atoms with Crippen LogP contribution in [-0.2, 0) is 10.0 Å². The minimum absolute atomic E-state index is 0.0450. The zero-order valence-electron chi connectivity index (χ0n) is 14.5. The monoisotopic (exact) mass is 387 g/mol. The summed E-state index contributed by atoms with van der Waals surface area (Å²) >= 11 is 1.88. The van der Waals surface area contributed by atoms with Crippen LogP contribution in [0.5, 0.6) is 0 Å². The third-order valence-corrected chi connectivity index (χ3v) is 7.27. The number of pyridine rings is 1. The fraction of sp³-hybridized carbons (Fsp3) is 0.316. The number of aromatic amines is 1. The van der Waals surface area contributed by atoms with E-state index in [-0.39, 0.29) is 6.04 Å². The second-order valence-electron chi connectivity index (χ2n) is 6.61. The lowest BCUT2D eigenvalue weighted by atomic mass is 10.0. The number of sulfonamides is 1. The highest BCUT2D eigenvalue weighted by Crippen LogP contribution is 2.29. The van der Waals surface area contributed by atoms with E-state index in [9.17, 15) is 8.42 Å². The van der Waals surface area contributed by atoms with Crippen molar-refractivity contribution in [1.82, 2.24) is 14.7 Å². The van der Waals surface area contributed by atoms with Crippen molar-refractivity contribution in [3.05, 3.63) is 48.3 Å². The zero-order valence-corrected chi connectivity index (χ0v) is 16.2. The number of hydrogen-bond acceptors (Lipinski definition) is 4. The Hall–Kier alpha value is -1.83. The number of aromatic nitrogens is 2. The largest absolute Gasteiger partial charge is 0.344 e. The number of H-pyrrole nitrogens is 1. The van der Waals surface area contributed by atoms with Gasteiger partial charge in [-0.15, -0.1) is 0 Å². The Bertz CT molecular complexity index is 1020. The van der Waals surface area contributed by atoms with Crippen LogP contribution in [0.25, 0.3) is 22.2 Å². The van der Waals surface area contributed by atoms with Crippen LogP contribution >= 0.6 is 11.8 Å². The van der Waals surface area contributed by atoms with Gasteiger partial charge >= 0.3 is 0 Å². The van der Waals surface area contributed by atoms with E-state index in [1.165, 1.54) is 0 Å². The molecule has 0 amide bonds. The molecule has 5 nitrogen and oxygen atoms in total. The highest BCUT2D eigenvalue weighted by Gasteiger charge is 2.22. The SMILES string of the molecule is Cc1cc2c(-c3ccc(S(=O)(=O)NC4CCSCC4)cc3)ccnc2[nH]1. The molecule has 136 valence electrons. The van der Waals surface area contributed by atoms with Gasteiger partial charge in [-0.2, -0.15) is 11.8 Å². The van der Waals surface area contributed by atoms with Crippen molar-refractivity contribution in [2.24, 2.45) is 0 Å². The standard InChI is InChI=1S/C19H21N3O2S2/c1-13-12-18-17(6-9-20-19(18)21-13)14-2-4-16(5-3-14)26(23,24)22-15-7-10-25-11-8-15/h2-6,9,12,15,22H,7-8,10-11H2,1H3,(H,20,21). The summed E-state index contributed by atoms with van der Waals surface area (Å²) in [6, 6.07) is 11.2. The molecule has 1 fully saturated rings. The van der Waals surface area contributed by atoms with Crippen LogP contribution < -0.4 is 4.72 Å². The summed E-state index contributed by atoms with van der Waals surface area (Å²) in [6.45, 7) is 2.00. The topological polar surface area (TPSA) is 74.8 Å². The minimum Gasteiger partial charge on any atom is -0.344 e. The molecule has 2 aromatic heterocycles. The van der Waals surface area contributed by atoms with Gasteiger partial charge in [0.15, 0.2) is 0 Å². The smallest absolute Gasteiger partial charge is 0.240 e. The number of thioether (sulfide) groups is 1. The highest BCUT2D eigenvalue weighted by atomic mass is 32.2. The first kappa shape index (κ1) is 17.6. The summed E-state index contributed by atoms with van der Waals surface area (Å²) in [5.74, 6) is 2.03. The van der Waals surface area contributed by atoms with Crippen LogP contribution in [-0.4, -0.2) is 35.9 Å². The molecule has 0 unspecified atom stereocenters. The van der Waals surface area contributed by atoms with Gasteiger partial charge in [0.2, 0.25) is 10.0 Å². The molecule has 2 N–H and O–H groups in total. The molecule has 3 heterocycles. The Morgan fingerprint density at radius 1 is 1.15 bits per heavy atom. The van der Waals surface area contributed by atoms with Gasteiger partial charge in [0.25, 0.3) is 0 Å². The molecule has 0 spiro atoms. The molecule has 0 aliphatic carbocycles. The van der Waals surface area contributed by atoms with Crippen LogP contribution in [0, 0.1) is 6.92 Å². The predicted octanol–water partition coefficient (Wildman–Crippen LogP) is 3.71. The summed E-state index contributed by atoms with van der Waals surface area (Å²) in [5, 5.41) is 1.04. The van der Waals surface area contributed by atoms with Crippen LogP contribution in [0.15, 0.2) is 47.5 Å². The van der Waals surface area contributed by atoms with Crippen molar-refractivity contribution in [3.63, 3.8) is 0 Å². The fourth-order valence-corrected chi connectivity index (χ4v) is 5.74. The summed E-state index contributed by atoms with van der Waals surface area (Å²) in [7, 11) is -3.48. The fourth-order valence-electron chi connectivity index (χ4n) is 3.33. The lowest BCUT2D eigenvalue weighted by molar-refractivity contribution is 0.529. The second-order valence-corrected chi connectivity index (χ2v) is 9.54. The Labute approximate surface area is 157 Å². The van der Waals surface area contributed by atoms with E-state index in [2.05, 4.69) is 20.8 Å². The number of benzene rings is 1. The molecule has 4 rings (SSSR count). The van der Waals surface area contributed by atoms with Gasteiger partial charge < -0.3 is 4.98 Å². The molecule has 3 aromatic rings. The van der Waals surface area contributed by atoms with Gasteiger partial charge in [-0.3, -0.25) is 0 Å². The second kappa shape index (κ2) is 7.06. The molecular formula is C19H21N3O2S2. The lowest BCUT2D eigenvalue weighted by Gasteiger charge is -2.22. The number of nitrogens with zero attached hydrogens (tertiary/aromatic N) is 1. The van der Waals surface area contributed by atoms with Crippen molar-refractivity contribution in [2.75, 3.05) is 11.5 Å². The number of hydrogen-bond donors (Lipinski definition) is 2. The average molecular weight is 388 g/mol. The normalized spacial score (nSPS) is 16.2. The summed E-state index contributed by atoms with van der Waals surface area (Å²) in [6.07, 6.45) is 3.55. The Morgan fingerprint density at radius 3 is 2.62 bits per heavy atom. The molecule has 1 aromatic carbocycles. The molecule has 26 heavy (non-hydrogen) atoms. The molecule has 7 heteroatoms. The predicted molar refractivity (Wildman–Crippen MR) is 107 cm³/mol. The molecule has 0 atom stereocenters. The Balaban J connectivity index is 1.61. The quantitative estimate of drug-likeness (QED) is 0.716. The molecule has 1 aliphatic heterocycles. The van der Waals surface area contributed by atoms with Gasteiger partial charge in [-0.05, 0) is 66.7 Å². The van der Waals surface area contributed by atoms with Gasteiger partial charge in [0.05, 0.1) is 4.90 Å². The first-order valence-electron chi connectivity index (χ1n) is 8.68. The van der Waals surface area contributed by atoms with Crippen molar-refractivity contribution in [3.8, 4) is 11.1 Å². The number of aryl methyl sites for hydroxylation is 1. The molecule has 0 saturated carbocycles. The van der Waals surface area contributed by atoms with Crippen molar-refractivity contribution in [2.45, 2.75) is 30.7 Å². The first-order valence-corrected chi connectivity index (χ1v) is 11.3. The van der Waals surface area contributed by atoms with Crippen LogP contribution in [0.1, 0.15) is 18.5 Å². The van der Waals surface area contributed by atoms with E-state index >= 15 is 0 Å². The van der Waals surface area contributed by atoms with Crippen molar-refractivity contribution in [1.29, 1.82) is 0 Å². The number of nitrogens with one attached hydrogen (secondary N) is 2. The maximum absolute atomic E-state index is 12.6. The van der Waals surface area contributed by atoms with E-state index in [1.54, 1.807) is 18.3 Å². The molecule has 0 radical (unpaired) electrons. The summed E-state index contributed by atoms with van der Waals surface area (Å²) < 4.78 is 28.1. The third kappa shape index (κ3) is 3.51. The molecule has 0 bridgehead atoms. The highest BCUT2D eigenvalue weighted by molar-refractivity contribution is 7.99. The average Bonchev–Trinajstić information content (AvgIpc) is 3.02. The Kier molecular flexibility index (Phi) is 4.77. The van der Waals surface area contributed by atoms with Gasteiger partial charge in [-0.1, -0.05) is 12.1 Å². The maximum Gasteiger partial charge on any atom is 0.240 e. The summed E-state index contributed by atoms with van der Waals surface area (Å²) in [5.41, 5.74) is 3.91. The Morgan fingerprint density at radius 2 is 1.88 bits per heavy atom. The van der Waals surface area contributed by atoms with E-state index in [0.29, 0.717) is 4.90 Å². The van der Waals surface area contributed by atoms with Crippen LogP contribution in [0.4, 0.5) is 0 Å². The maximum atomic E-state index is 12.6. The van der Waals surface area contributed by atoms with E-state index in [4.69, 9.17) is 0 Å². The van der Waals surface area contributed by atoms with Crippen LogP contribution in [0.3, 0.4) is 0 Å². The lowest BCUT2D eigenvalue weighted by Crippen LogP contribution is -2.37. The minimum atomic E-state index is -3.48. The van der Waals surface area contributed by atoms with Gasteiger partial charge in [0, 0.05) is 23.3 Å². The molecule has 1 saturated heterocycles. The van der Waals surface area contributed by atoms with Crippen LogP contribution in [0.2, 0.25) is 0 Å². The van der Waals surface area contributed by atoms with Gasteiger partial charge in [0.1, 0.15) is 5.65 Å². The number of fused-ring (bicyclic) bond motifs is 1. The van der Waals surface area contributed by atoms with E-state index in [1.807, 2.05) is 36.9 Å². The molecule has 1 aliphatic rings. The zero-order chi connectivity index (χ0) is 18.1. The van der Waals surface area contributed by atoms with E-state index < -0.39 is 10.0 Å². The number of rotatable bonds is 4. The van der Waals surface area contributed by atoms with E-state index in [0.717, 1.165) is 52.2 Å². The third-order valence-electron chi connectivity index (χ3n) is 4.69. The summed E-state index contributed by atoms with van der Waals surface area (Å²) in [4.78, 5) is 7.89. The van der Waals surface area contributed by atoms with Gasteiger partial charge in [-0.25, -0.2) is 18.1 Å². The van der Waals surface area contributed by atoms with Crippen molar-refractivity contribution < 1.29 is 8.42 Å².